The van der Waals surface area contributed by atoms with Gasteiger partial charge in [-0.1, -0.05) is 0 Å². The van der Waals surface area contributed by atoms with Crippen LogP contribution in [-0.2, 0) is 4.74 Å². The van der Waals surface area contributed by atoms with Gasteiger partial charge in [0.25, 0.3) is 5.91 Å². The molecule has 120 valence electrons. The predicted octanol–water partition coefficient (Wildman–Crippen LogP) is 1.43. The van der Waals surface area contributed by atoms with Crippen molar-refractivity contribution in [2.24, 2.45) is 0 Å². The number of aromatic carboxylic acids is 1. The zero-order valence-electron chi connectivity index (χ0n) is 12.7. The molecule has 0 aromatic carbocycles. The van der Waals surface area contributed by atoms with E-state index in [0.717, 1.165) is 12.8 Å². The molecule has 1 aliphatic heterocycles. The maximum absolute atomic E-state index is 12.6. The molecule has 0 aliphatic carbocycles. The number of aromatic nitrogens is 1. The summed E-state index contributed by atoms with van der Waals surface area (Å²) in [5, 5.41) is 9.08. The quantitative estimate of drug-likeness (QED) is 0.855. The molecule has 1 atom stereocenters. The van der Waals surface area contributed by atoms with Crippen molar-refractivity contribution in [2.75, 3.05) is 26.9 Å². The molecule has 0 bridgehead atoms. The number of likely N-dealkylation sites (tertiary alicyclic amines) is 1. The number of hydrogen-bond acceptors (Lipinski definition) is 5. The number of carboxylic acids is 1. The summed E-state index contributed by atoms with van der Waals surface area (Å²) in [7, 11) is 1.42. The zero-order chi connectivity index (χ0) is 16.1. The Morgan fingerprint density at radius 1 is 1.41 bits per heavy atom. The van der Waals surface area contributed by atoms with Crippen LogP contribution in [0.5, 0.6) is 5.75 Å². The number of nitrogens with zero attached hydrogens (tertiary/aromatic N) is 2. The highest BCUT2D eigenvalue weighted by atomic mass is 16.5. The van der Waals surface area contributed by atoms with Crippen LogP contribution >= 0.6 is 0 Å². The Kier molecular flexibility index (Phi) is 5.32. The fourth-order valence-electron chi connectivity index (χ4n) is 2.52. The van der Waals surface area contributed by atoms with Gasteiger partial charge < -0.3 is 19.5 Å². The molecule has 1 aromatic heterocycles. The van der Waals surface area contributed by atoms with Crippen LogP contribution in [0.2, 0.25) is 0 Å². The molecule has 1 unspecified atom stereocenters. The van der Waals surface area contributed by atoms with E-state index in [1.165, 1.54) is 19.2 Å². The molecule has 0 spiro atoms. The number of hydrogen-bond donors (Lipinski definition) is 1. The third kappa shape index (κ3) is 3.54. The van der Waals surface area contributed by atoms with E-state index in [-0.39, 0.29) is 23.3 Å². The fraction of sp³-hybridized carbons (Fsp3) is 0.533. The van der Waals surface area contributed by atoms with Crippen molar-refractivity contribution in [3.05, 3.63) is 23.5 Å². The van der Waals surface area contributed by atoms with Gasteiger partial charge in [-0.2, -0.15) is 0 Å². The fourth-order valence-corrected chi connectivity index (χ4v) is 2.52. The molecule has 1 saturated heterocycles. The van der Waals surface area contributed by atoms with Crippen molar-refractivity contribution in [3.8, 4) is 5.75 Å². The summed E-state index contributed by atoms with van der Waals surface area (Å²) in [6.45, 7) is 3.61. The smallest absolute Gasteiger partial charge is 0.354 e. The van der Waals surface area contributed by atoms with Gasteiger partial charge in [-0.25, -0.2) is 9.78 Å². The lowest BCUT2D eigenvalue weighted by Gasteiger charge is -2.24. The highest BCUT2D eigenvalue weighted by Gasteiger charge is 2.30. The van der Waals surface area contributed by atoms with Crippen LogP contribution in [0.3, 0.4) is 0 Å². The van der Waals surface area contributed by atoms with E-state index in [2.05, 4.69) is 4.98 Å². The first-order valence-corrected chi connectivity index (χ1v) is 7.25. The lowest BCUT2D eigenvalue weighted by molar-refractivity contribution is 0.0559. The molecule has 0 radical (unpaired) electrons. The lowest BCUT2D eigenvalue weighted by atomic mass is 10.2. The summed E-state index contributed by atoms with van der Waals surface area (Å²) in [5.41, 5.74) is -0.122. The highest BCUT2D eigenvalue weighted by Crippen LogP contribution is 2.22. The molecule has 7 nitrogen and oxygen atoms in total. The molecule has 2 rings (SSSR count). The Hall–Kier alpha value is -2.15. The topological polar surface area (TPSA) is 89.0 Å². The van der Waals surface area contributed by atoms with Crippen LogP contribution in [-0.4, -0.2) is 59.8 Å². The average molecular weight is 308 g/mol. The van der Waals surface area contributed by atoms with E-state index >= 15 is 0 Å². The molecule has 7 heteroatoms. The van der Waals surface area contributed by atoms with Crippen molar-refractivity contribution < 1.29 is 24.2 Å². The van der Waals surface area contributed by atoms with Gasteiger partial charge in [-0.05, 0) is 19.8 Å². The molecule has 1 N–H and O–H groups in total. The largest absolute Gasteiger partial charge is 0.497 e. The Bertz CT molecular complexity index is 561. The minimum absolute atomic E-state index is 0.00808. The summed E-state index contributed by atoms with van der Waals surface area (Å²) in [6.07, 6.45) is 1.78. The first-order valence-electron chi connectivity index (χ1n) is 7.25. The highest BCUT2D eigenvalue weighted by molar-refractivity contribution is 5.95. The number of ether oxygens (including phenoxy) is 2. The molecular formula is C15H20N2O5. The second-order valence-corrected chi connectivity index (χ2v) is 5.04. The van der Waals surface area contributed by atoms with E-state index in [1.807, 2.05) is 6.92 Å². The zero-order valence-corrected chi connectivity index (χ0v) is 12.7. The second kappa shape index (κ2) is 7.22. The SMILES string of the molecule is CCOCC1CCCN1C(=O)c1cc(OC)cc(C(=O)O)n1. The lowest BCUT2D eigenvalue weighted by Crippen LogP contribution is -2.38. The van der Waals surface area contributed by atoms with Crippen molar-refractivity contribution >= 4 is 11.9 Å². The van der Waals surface area contributed by atoms with E-state index < -0.39 is 5.97 Å². The molecule has 2 heterocycles. The normalized spacial score (nSPS) is 17.5. The standard InChI is InChI=1S/C15H20N2O5/c1-3-22-9-10-5-4-6-17(10)14(18)12-7-11(21-2)8-13(16-12)15(19)20/h7-8,10H,3-6,9H2,1-2H3,(H,19,20). The first-order chi connectivity index (χ1) is 10.6. The van der Waals surface area contributed by atoms with E-state index in [4.69, 9.17) is 14.6 Å². The van der Waals surface area contributed by atoms with Gasteiger partial charge in [-0.15, -0.1) is 0 Å². The van der Waals surface area contributed by atoms with Crippen LogP contribution < -0.4 is 4.74 Å². The molecule has 22 heavy (non-hydrogen) atoms. The Labute approximate surface area is 128 Å². The minimum Gasteiger partial charge on any atom is -0.497 e. The van der Waals surface area contributed by atoms with Crippen LogP contribution in [0.25, 0.3) is 0 Å². The Balaban J connectivity index is 2.24. The van der Waals surface area contributed by atoms with Gasteiger partial charge in [0.2, 0.25) is 0 Å². The number of carbonyl (C=O) groups excluding carboxylic acids is 1. The Morgan fingerprint density at radius 2 is 2.14 bits per heavy atom. The summed E-state index contributed by atoms with van der Waals surface area (Å²) in [5.74, 6) is -1.18. The van der Waals surface area contributed by atoms with Crippen molar-refractivity contribution in [1.29, 1.82) is 0 Å². The van der Waals surface area contributed by atoms with Crippen molar-refractivity contribution in [3.63, 3.8) is 0 Å². The van der Waals surface area contributed by atoms with E-state index in [9.17, 15) is 9.59 Å². The molecule has 1 amide bonds. The van der Waals surface area contributed by atoms with Crippen LogP contribution in [0.1, 0.15) is 40.7 Å². The molecule has 1 aromatic rings. The molecule has 1 aliphatic rings. The first kappa shape index (κ1) is 16.2. The summed E-state index contributed by atoms with van der Waals surface area (Å²) in [6, 6.07) is 2.76. The van der Waals surface area contributed by atoms with Gasteiger partial charge in [0.15, 0.2) is 5.69 Å². The van der Waals surface area contributed by atoms with Gasteiger partial charge in [-0.3, -0.25) is 4.79 Å². The van der Waals surface area contributed by atoms with Crippen LogP contribution in [0.15, 0.2) is 12.1 Å². The van der Waals surface area contributed by atoms with Crippen LogP contribution in [0.4, 0.5) is 0 Å². The summed E-state index contributed by atoms with van der Waals surface area (Å²) >= 11 is 0. The maximum atomic E-state index is 12.6. The number of methoxy groups -OCH3 is 1. The summed E-state index contributed by atoms with van der Waals surface area (Å²) in [4.78, 5) is 29.4. The van der Waals surface area contributed by atoms with Gasteiger partial charge in [0.05, 0.1) is 19.8 Å². The number of amides is 1. The molecule has 1 fully saturated rings. The van der Waals surface area contributed by atoms with Crippen LogP contribution in [0, 0.1) is 0 Å². The third-order valence-corrected chi connectivity index (χ3v) is 3.63. The molecule has 0 saturated carbocycles. The van der Waals surface area contributed by atoms with Gasteiger partial charge in [0.1, 0.15) is 11.4 Å². The number of pyridine rings is 1. The van der Waals surface area contributed by atoms with E-state index in [1.54, 1.807) is 4.90 Å². The number of carboxylic acid groups (broad SMARTS) is 1. The number of carbonyl (C=O) groups is 2. The average Bonchev–Trinajstić information content (AvgIpc) is 2.99. The van der Waals surface area contributed by atoms with Crippen molar-refractivity contribution in [2.45, 2.75) is 25.8 Å². The summed E-state index contributed by atoms with van der Waals surface area (Å²) < 4.78 is 10.5. The number of rotatable bonds is 6. The predicted molar refractivity (Wildman–Crippen MR) is 78.3 cm³/mol. The Morgan fingerprint density at radius 3 is 2.77 bits per heavy atom. The third-order valence-electron chi connectivity index (χ3n) is 3.63. The second-order valence-electron chi connectivity index (χ2n) is 5.04. The van der Waals surface area contributed by atoms with Gasteiger partial charge in [0, 0.05) is 25.3 Å². The minimum atomic E-state index is -1.19. The maximum Gasteiger partial charge on any atom is 0.354 e. The van der Waals surface area contributed by atoms with Crippen molar-refractivity contribution in [1.82, 2.24) is 9.88 Å². The monoisotopic (exact) mass is 308 g/mol. The molecular weight excluding hydrogens is 288 g/mol. The van der Waals surface area contributed by atoms with Gasteiger partial charge >= 0.3 is 5.97 Å². The van der Waals surface area contributed by atoms with E-state index in [0.29, 0.717) is 25.5 Å².